The Bertz CT molecular complexity index is 337. The Hall–Kier alpha value is -1.44. The monoisotopic (exact) mass is 191 g/mol. The van der Waals surface area contributed by atoms with Crippen molar-refractivity contribution in [1.29, 1.82) is 5.26 Å². The lowest BCUT2D eigenvalue weighted by Crippen LogP contribution is -2.37. The van der Waals surface area contributed by atoms with Crippen LogP contribution in [0.4, 0.5) is 0 Å². The van der Waals surface area contributed by atoms with E-state index in [0.717, 1.165) is 5.56 Å². The van der Waals surface area contributed by atoms with E-state index in [-0.39, 0.29) is 6.61 Å². The summed E-state index contributed by atoms with van der Waals surface area (Å²) in [5.41, 5.74) is 6.45. The summed E-state index contributed by atoms with van der Waals surface area (Å²) in [6.07, 6.45) is 1.95. The molecule has 0 saturated heterocycles. The SMILES string of the molecule is C[C@](N)(CO)c1ccc(CC#N)cn1. The van der Waals surface area contributed by atoms with Gasteiger partial charge in [0.1, 0.15) is 0 Å². The zero-order valence-corrected chi connectivity index (χ0v) is 8.07. The largest absolute Gasteiger partial charge is 0.394 e. The van der Waals surface area contributed by atoms with E-state index in [1.54, 1.807) is 25.3 Å². The lowest BCUT2D eigenvalue weighted by molar-refractivity contribution is 0.206. The molecule has 1 atom stereocenters. The van der Waals surface area contributed by atoms with E-state index >= 15 is 0 Å². The van der Waals surface area contributed by atoms with Gasteiger partial charge in [-0.05, 0) is 18.6 Å². The number of nitriles is 1. The molecule has 0 unspecified atom stereocenters. The van der Waals surface area contributed by atoms with Crippen molar-refractivity contribution in [1.82, 2.24) is 4.98 Å². The molecule has 4 nitrogen and oxygen atoms in total. The third kappa shape index (κ3) is 2.28. The van der Waals surface area contributed by atoms with Crippen molar-refractivity contribution in [2.45, 2.75) is 18.9 Å². The summed E-state index contributed by atoms with van der Waals surface area (Å²) in [6.45, 7) is 1.55. The van der Waals surface area contributed by atoms with Gasteiger partial charge in [-0.1, -0.05) is 6.07 Å². The molecule has 0 aromatic carbocycles. The van der Waals surface area contributed by atoms with Gasteiger partial charge in [-0.15, -0.1) is 0 Å². The van der Waals surface area contributed by atoms with Crippen LogP contribution in [0.3, 0.4) is 0 Å². The van der Waals surface area contributed by atoms with Crippen molar-refractivity contribution in [2.24, 2.45) is 5.73 Å². The highest BCUT2D eigenvalue weighted by molar-refractivity contribution is 5.21. The Morgan fingerprint density at radius 2 is 2.36 bits per heavy atom. The fraction of sp³-hybridized carbons (Fsp3) is 0.400. The van der Waals surface area contributed by atoms with Crippen molar-refractivity contribution in [3.05, 3.63) is 29.6 Å². The summed E-state index contributed by atoms with van der Waals surface area (Å²) in [6, 6.07) is 5.57. The van der Waals surface area contributed by atoms with Crippen LogP contribution in [-0.4, -0.2) is 16.7 Å². The lowest BCUT2D eigenvalue weighted by atomic mass is 9.99. The summed E-state index contributed by atoms with van der Waals surface area (Å²) in [5, 5.41) is 17.5. The fourth-order valence-electron chi connectivity index (χ4n) is 1.04. The van der Waals surface area contributed by atoms with Gasteiger partial charge in [-0.25, -0.2) is 0 Å². The average Bonchev–Trinajstić information content (AvgIpc) is 2.19. The van der Waals surface area contributed by atoms with Crippen LogP contribution in [0.5, 0.6) is 0 Å². The van der Waals surface area contributed by atoms with Gasteiger partial charge >= 0.3 is 0 Å². The molecule has 0 bridgehead atoms. The molecule has 0 radical (unpaired) electrons. The normalized spacial score (nSPS) is 14.4. The summed E-state index contributed by atoms with van der Waals surface area (Å²) in [4.78, 5) is 4.10. The minimum atomic E-state index is -0.814. The van der Waals surface area contributed by atoms with E-state index in [1.807, 2.05) is 6.07 Å². The molecule has 14 heavy (non-hydrogen) atoms. The molecule has 1 aromatic heterocycles. The van der Waals surface area contributed by atoms with Crippen LogP contribution < -0.4 is 5.73 Å². The Labute approximate surface area is 83.0 Å². The maximum Gasteiger partial charge on any atom is 0.0789 e. The molecule has 0 aliphatic carbocycles. The molecule has 0 fully saturated rings. The highest BCUT2D eigenvalue weighted by Crippen LogP contribution is 2.14. The predicted octanol–water partition coefficient (Wildman–Crippen LogP) is 0.314. The van der Waals surface area contributed by atoms with Gasteiger partial charge in [-0.2, -0.15) is 5.26 Å². The second kappa shape index (κ2) is 4.18. The Kier molecular flexibility index (Phi) is 3.18. The van der Waals surface area contributed by atoms with Crippen LogP contribution in [-0.2, 0) is 12.0 Å². The van der Waals surface area contributed by atoms with E-state index < -0.39 is 5.54 Å². The average molecular weight is 191 g/mol. The lowest BCUT2D eigenvalue weighted by Gasteiger charge is -2.20. The van der Waals surface area contributed by atoms with Crippen LogP contribution in [0.2, 0.25) is 0 Å². The maximum atomic E-state index is 9.00. The molecule has 1 rings (SSSR count). The van der Waals surface area contributed by atoms with Crippen molar-refractivity contribution in [3.8, 4) is 6.07 Å². The molecule has 0 aliphatic rings. The first-order valence-corrected chi connectivity index (χ1v) is 4.32. The first kappa shape index (κ1) is 10.6. The van der Waals surface area contributed by atoms with Crippen LogP contribution in [0, 0.1) is 11.3 Å². The number of aliphatic hydroxyl groups is 1. The molecule has 74 valence electrons. The van der Waals surface area contributed by atoms with Crippen molar-refractivity contribution < 1.29 is 5.11 Å². The minimum Gasteiger partial charge on any atom is -0.394 e. The van der Waals surface area contributed by atoms with Crippen LogP contribution >= 0.6 is 0 Å². The third-order valence-electron chi connectivity index (χ3n) is 2.02. The molecule has 0 aliphatic heterocycles. The summed E-state index contributed by atoms with van der Waals surface area (Å²) in [7, 11) is 0. The Morgan fingerprint density at radius 1 is 1.64 bits per heavy atom. The van der Waals surface area contributed by atoms with Gasteiger partial charge in [0.05, 0.1) is 30.3 Å². The van der Waals surface area contributed by atoms with Gasteiger partial charge in [-0.3, -0.25) is 4.98 Å². The highest BCUT2D eigenvalue weighted by Gasteiger charge is 2.20. The quantitative estimate of drug-likeness (QED) is 0.720. The van der Waals surface area contributed by atoms with Crippen LogP contribution in [0.1, 0.15) is 18.2 Å². The second-order valence-corrected chi connectivity index (χ2v) is 3.46. The standard InChI is InChI=1S/C10H13N3O/c1-10(12,7-14)9-3-2-8(4-5-11)6-13-9/h2-3,6,14H,4,7,12H2,1H3/t10-/m0/s1. The highest BCUT2D eigenvalue weighted by atomic mass is 16.3. The molecule has 4 heteroatoms. The van der Waals surface area contributed by atoms with Gasteiger partial charge in [0.25, 0.3) is 0 Å². The molecule has 3 N–H and O–H groups in total. The zero-order chi connectivity index (χ0) is 10.6. The number of pyridine rings is 1. The molecular formula is C10H13N3O. The van der Waals surface area contributed by atoms with Crippen LogP contribution in [0.25, 0.3) is 0 Å². The first-order chi connectivity index (χ1) is 6.60. The molecule has 0 amide bonds. The van der Waals surface area contributed by atoms with E-state index in [2.05, 4.69) is 4.98 Å². The molecule has 0 spiro atoms. The number of rotatable bonds is 3. The number of aromatic nitrogens is 1. The van der Waals surface area contributed by atoms with E-state index in [1.165, 1.54) is 0 Å². The van der Waals surface area contributed by atoms with Crippen molar-refractivity contribution in [3.63, 3.8) is 0 Å². The molecule has 1 heterocycles. The number of nitrogens with zero attached hydrogens (tertiary/aromatic N) is 2. The van der Waals surface area contributed by atoms with Gasteiger partial charge in [0.2, 0.25) is 0 Å². The van der Waals surface area contributed by atoms with Gasteiger partial charge in [0.15, 0.2) is 0 Å². The number of aliphatic hydroxyl groups excluding tert-OH is 1. The molecular weight excluding hydrogens is 178 g/mol. The van der Waals surface area contributed by atoms with E-state index in [9.17, 15) is 0 Å². The fourth-order valence-corrected chi connectivity index (χ4v) is 1.04. The van der Waals surface area contributed by atoms with Gasteiger partial charge in [0, 0.05) is 6.20 Å². The van der Waals surface area contributed by atoms with Crippen molar-refractivity contribution in [2.75, 3.05) is 6.61 Å². The van der Waals surface area contributed by atoms with Crippen LogP contribution in [0.15, 0.2) is 18.3 Å². The maximum absolute atomic E-state index is 9.00. The zero-order valence-electron chi connectivity index (χ0n) is 8.07. The number of hydrogen-bond acceptors (Lipinski definition) is 4. The Morgan fingerprint density at radius 3 is 2.79 bits per heavy atom. The second-order valence-electron chi connectivity index (χ2n) is 3.46. The summed E-state index contributed by atoms with van der Waals surface area (Å²) < 4.78 is 0. The van der Waals surface area contributed by atoms with Gasteiger partial charge < -0.3 is 10.8 Å². The smallest absolute Gasteiger partial charge is 0.0789 e. The first-order valence-electron chi connectivity index (χ1n) is 4.32. The Balaban J connectivity index is 2.89. The topological polar surface area (TPSA) is 82.9 Å². The summed E-state index contributed by atoms with van der Waals surface area (Å²) in [5.74, 6) is 0. The third-order valence-corrected chi connectivity index (χ3v) is 2.02. The number of hydrogen-bond donors (Lipinski definition) is 2. The molecule has 0 saturated carbocycles. The minimum absolute atomic E-state index is 0.155. The predicted molar refractivity (Wildman–Crippen MR) is 52.2 cm³/mol. The molecule has 1 aromatic rings. The van der Waals surface area contributed by atoms with E-state index in [4.69, 9.17) is 16.1 Å². The van der Waals surface area contributed by atoms with E-state index in [0.29, 0.717) is 12.1 Å². The summed E-state index contributed by atoms with van der Waals surface area (Å²) >= 11 is 0. The van der Waals surface area contributed by atoms with Crippen molar-refractivity contribution >= 4 is 0 Å². The number of nitrogens with two attached hydrogens (primary N) is 1.